The van der Waals surface area contributed by atoms with Crippen LogP contribution in [-0.2, 0) is 16.1 Å². The molecule has 1 amide bonds. The van der Waals surface area contributed by atoms with Crippen molar-refractivity contribution in [1.82, 2.24) is 4.98 Å². The fourth-order valence-electron chi connectivity index (χ4n) is 2.79. The summed E-state index contributed by atoms with van der Waals surface area (Å²) in [6, 6.07) is 10.6. The maximum atomic E-state index is 12.3. The van der Waals surface area contributed by atoms with E-state index in [9.17, 15) is 4.79 Å². The van der Waals surface area contributed by atoms with E-state index < -0.39 is 6.04 Å². The van der Waals surface area contributed by atoms with E-state index in [0.717, 1.165) is 24.2 Å². The van der Waals surface area contributed by atoms with Crippen molar-refractivity contribution in [2.45, 2.75) is 25.5 Å². The van der Waals surface area contributed by atoms with Gasteiger partial charge < -0.3 is 20.5 Å². The lowest BCUT2D eigenvalue weighted by molar-refractivity contribution is -0.119. The van der Waals surface area contributed by atoms with Crippen molar-refractivity contribution in [1.29, 1.82) is 0 Å². The molecule has 3 rings (SSSR count). The highest BCUT2D eigenvalue weighted by molar-refractivity contribution is 5.94. The van der Waals surface area contributed by atoms with Crippen LogP contribution in [0.25, 0.3) is 0 Å². The van der Waals surface area contributed by atoms with Gasteiger partial charge in [0.2, 0.25) is 5.91 Å². The van der Waals surface area contributed by atoms with Gasteiger partial charge >= 0.3 is 0 Å². The molecule has 1 aromatic heterocycles. The molecule has 1 unspecified atom stereocenters. The van der Waals surface area contributed by atoms with Gasteiger partial charge in [0.15, 0.2) is 0 Å². The largest absolute Gasteiger partial charge is 0.489 e. The summed E-state index contributed by atoms with van der Waals surface area (Å²) in [5, 5.41) is 2.87. The predicted octanol–water partition coefficient (Wildman–Crippen LogP) is 2.35. The number of hydrogen-bond donors (Lipinski definition) is 2. The van der Waals surface area contributed by atoms with E-state index >= 15 is 0 Å². The number of nitrogens with two attached hydrogens (primary N) is 1. The lowest BCUT2D eigenvalue weighted by Gasteiger charge is -2.26. The van der Waals surface area contributed by atoms with Crippen molar-refractivity contribution in [3.63, 3.8) is 0 Å². The Hall–Kier alpha value is -2.44. The van der Waals surface area contributed by atoms with Gasteiger partial charge in [0.1, 0.15) is 12.4 Å². The minimum Gasteiger partial charge on any atom is -0.489 e. The fraction of sp³-hybridized carbons (Fsp3) is 0.368. The Morgan fingerprint density at radius 1 is 1.20 bits per heavy atom. The highest BCUT2D eigenvalue weighted by Gasteiger charge is 2.26. The molecule has 1 atom stereocenters. The Labute approximate surface area is 147 Å². The van der Waals surface area contributed by atoms with Crippen LogP contribution in [0.3, 0.4) is 0 Å². The Balaban J connectivity index is 1.50. The average Bonchev–Trinajstić information content (AvgIpc) is 2.68. The quantitative estimate of drug-likeness (QED) is 0.842. The Bertz CT molecular complexity index is 670. The third kappa shape index (κ3) is 5.01. The fourth-order valence-corrected chi connectivity index (χ4v) is 2.79. The molecule has 1 saturated heterocycles. The van der Waals surface area contributed by atoms with Crippen LogP contribution >= 0.6 is 0 Å². The molecule has 0 radical (unpaired) electrons. The van der Waals surface area contributed by atoms with E-state index in [4.69, 9.17) is 15.2 Å². The summed E-state index contributed by atoms with van der Waals surface area (Å²) >= 11 is 0. The Morgan fingerprint density at radius 3 is 2.56 bits per heavy atom. The minimum absolute atomic E-state index is 0.155. The van der Waals surface area contributed by atoms with Crippen LogP contribution < -0.4 is 15.8 Å². The van der Waals surface area contributed by atoms with Crippen LogP contribution in [0.1, 0.15) is 18.4 Å². The van der Waals surface area contributed by atoms with Crippen molar-refractivity contribution < 1.29 is 14.3 Å². The number of carbonyl (C=O) groups is 1. The minimum atomic E-state index is -0.508. The Kier molecular flexibility index (Phi) is 5.98. The third-order valence-corrected chi connectivity index (χ3v) is 4.35. The van der Waals surface area contributed by atoms with Crippen LogP contribution in [0.5, 0.6) is 5.75 Å². The van der Waals surface area contributed by atoms with Gasteiger partial charge in [0, 0.05) is 31.3 Å². The van der Waals surface area contributed by atoms with E-state index in [-0.39, 0.29) is 11.8 Å². The number of amides is 1. The number of carbonyl (C=O) groups excluding carboxylic acids is 1. The average molecular weight is 341 g/mol. The second kappa shape index (κ2) is 8.60. The zero-order chi connectivity index (χ0) is 17.5. The summed E-state index contributed by atoms with van der Waals surface area (Å²) in [6.45, 7) is 1.83. The maximum absolute atomic E-state index is 12.3. The monoisotopic (exact) mass is 341 g/mol. The van der Waals surface area contributed by atoms with Crippen molar-refractivity contribution >= 4 is 11.6 Å². The molecular weight excluding hydrogens is 318 g/mol. The number of anilines is 1. The van der Waals surface area contributed by atoms with Gasteiger partial charge in [0.05, 0.1) is 6.04 Å². The molecule has 6 heteroatoms. The SMILES string of the molecule is NC(C(=O)Nc1ccc(OCc2ccncc2)cc1)C1CCOCC1. The second-order valence-corrected chi connectivity index (χ2v) is 6.13. The van der Waals surface area contributed by atoms with Crippen LogP contribution in [0.2, 0.25) is 0 Å². The third-order valence-electron chi connectivity index (χ3n) is 4.35. The van der Waals surface area contributed by atoms with Crippen LogP contribution in [-0.4, -0.2) is 30.1 Å². The van der Waals surface area contributed by atoms with Crippen LogP contribution in [0.15, 0.2) is 48.8 Å². The van der Waals surface area contributed by atoms with Crippen molar-refractivity contribution in [3.05, 3.63) is 54.4 Å². The molecule has 1 aliphatic rings. The normalized spacial score (nSPS) is 16.2. The first-order chi connectivity index (χ1) is 12.2. The van der Waals surface area contributed by atoms with Gasteiger partial charge in [-0.25, -0.2) is 0 Å². The smallest absolute Gasteiger partial charge is 0.241 e. The van der Waals surface area contributed by atoms with Gasteiger partial charge in [-0.2, -0.15) is 0 Å². The van der Waals surface area contributed by atoms with E-state index in [0.29, 0.717) is 25.5 Å². The van der Waals surface area contributed by atoms with E-state index in [1.807, 2.05) is 36.4 Å². The molecule has 1 fully saturated rings. The van der Waals surface area contributed by atoms with Crippen molar-refractivity contribution in [3.8, 4) is 5.75 Å². The molecule has 0 bridgehead atoms. The van der Waals surface area contributed by atoms with Gasteiger partial charge in [-0.1, -0.05) is 0 Å². The first-order valence-corrected chi connectivity index (χ1v) is 8.48. The molecule has 0 aliphatic carbocycles. The number of nitrogens with zero attached hydrogens (tertiary/aromatic N) is 1. The lowest BCUT2D eigenvalue weighted by Crippen LogP contribution is -2.43. The molecule has 6 nitrogen and oxygen atoms in total. The number of ether oxygens (including phenoxy) is 2. The summed E-state index contributed by atoms with van der Waals surface area (Å²) in [4.78, 5) is 16.3. The molecule has 25 heavy (non-hydrogen) atoms. The van der Waals surface area contributed by atoms with Gasteiger partial charge in [-0.05, 0) is 60.7 Å². The number of aromatic nitrogens is 1. The molecule has 1 aliphatic heterocycles. The standard InChI is InChI=1S/C19H23N3O3/c20-18(15-7-11-24-12-8-15)19(23)22-16-1-3-17(4-2-16)25-13-14-5-9-21-10-6-14/h1-6,9-10,15,18H,7-8,11-13,20H2,(H,22,23). The number of pyridine rings is 1. The first kappa shape index (κ1) is 17.4. The van der Waals surface area contributed by atoms with E-state index in [1.54, 1.807) is 12.4 Å². The maximum Gasteiger partial charge on any atom is 0.241 e. The zero-order valence-corrected chi connectivity index (χ0v) is 14.1. The number of hydrogen-bond acceptors (Lipinski definition) is 5. The number of benzene rings is 1. The molecule has 132 valence electrons. The summed E-state index contributed by atoms with van der Waals surface area (Å²) < 4.78 is 11.0. The predicted molar refractivity (Wildman–Crippen MR) is 95.2 cm³/mol. The highest BCUT2D eigenvalue weighted by Crippen LogP contribution is 2.20. The number of nitrogens with one attached hydrogen (secondary N) is 1. The first-order valence-electron chi connectivity index (χ1n) is 8.48. The van der Waals surface area contributed by atoms with Crippen LogP contribution in [0, 0.1) is 5.92 Å². The Morgan fingerprint density at radius 2 is 1.88 bits per heavy atom. The summed E-state index contributed by atoms with van der Waals surface area (Å²) in [5.74, 6) is 0.762. The highest BCUT2D eigenvalue weighted by atomic mass is 16.5. The molecule has 0 saturated carbocycles. The second-order valence-electron chi connectivity index (χ2n) is 6.13. The van der Waals surface area contributed by atoms with E-state index in [1.165, 1.54) is 0 Å². The number of rotatable bonds is 6. The van der Waals surface area contributed by atoms with Gasteiger partial charge in [-0.3, -0.25) is 9.78 Å². The summed E-state index contributed by atoms with van der Waals surface area (Å²) in [5.41, 5.74) is 7.85. The molecule has 3 N–H and O–H groups in total. The molecular formula is C19H23N3O3. The molecule has 2 heterocycles. The summed E-state index contributed by atoms with van der Waals surface area (Å²) in [6.07, 6.45) is 5.13. The topological polar surface area (TPSA) is 86.5 Å². The molecule has 2 aromatic rings. The van der Waals surface area contributed by atoms with Crippen molar-refractivity contribution in [2.75, 3.05) is 18.5 Å². The zero-order valence-electron chi connectivity index (χ0n) is 14.1. The van der Waals surface area contributed by atoms with E-state index in [2.05, 4.69) is 10.3 Å². The van der Waals surface area contributed by atoms with Gasteiger partial charge in [-0.15, -0.1) is 0 Å². The van der Waals surface area contributed by atoms with Crippen LogP contribution in [0.4, 0.5) is 5.69 Å². The molecule has 1 aromatic carbocycles. The van der Waals surface area contributed by atoms with Gasteiger partial charge in [0.25, 0.3) is 0 Å². The molecule has 0 spiro atoms. The summed E-state index contributed by atoms with van der Waals surface area (Å²) in [7, 11) is 0. The lowest BCUT2D eigenvalue weighted by atomic mass is 9.92. The van der Waals surface area contributed by atoms with Crippen molar-refractivity contribution in [2.24, 2.45) is 11.7 Å².